The number of ether oxygens (including phenoxy) is 1. The van der Waals surface area contributed by atoms with Gasteiger partial charge in [0.05, 0.1) is 4.90 Å². The average molecular weight is 433 g/mol. The first kappa shape index (κ1) is 23.7. The summed E-state index contributed by atoms with van der Waals surface area (Å²) in [6.45, 7) is 2.84. The van der Waals surface area contributed by atoms with Crippen molar-refractivity contribution in [1.29, 1.82) is 0 Å². The Morgan fingerprint density at radius 3 is 2.43 bits per heavy atom. The van der Waals surface area contributed by atoms with Gasteiger partial charge in [-0.2, -0.15) is 0 Å². The second-order valence-corrected chi connectivity index (χ2v) is 9.33. The number of likely N-dealkylation sites (N-methyl/N-ethyl adjacent to an activating group) is 1. The number of nitrogens with zero attached hydrogens (tertiary/aromatic N) is 2. The van der Waals surface area contributed by atoms with Gasteiger partial charge in [-0.1, -0.05) is 24.3 Å². The van der Waals surface area contributed by atoms with E-state index >= 15 is 0 Å². The first-order chi connectivity index (χ1) is 14.3. The van der Waals surface area contributed by atoms with Gasteiger partial charge in [-0.25, -0.2) is 8.42 Å². The van der Waals surface area contributed by atoms with Crippen molar-refractivity contribution in [3.05, 3.63) is 59.7 Å². The van der Waals surface area contributed by atoms with E-state index in [1.807, 2.05) is 50.5 Å². The lowest BCUT2D eigenvalue weighted by Crippen LogP contribution is -2.37. The molecule has 164 valence electrons. The van der Waals surface area contributed by atoms with Crippen LogP contribution in [0.2, 0.25) is 0 Å². The van der Waals surface area contributed by atoms with E-state index in [9.17, 15) is 8.42 Å². The molecular weight excluding hydrogens is 400 g/mol. The number of guanidine groups is 1. The van der Waals surface area contributed by atoms with Crippen molar-refractivity contribution in [2.45, 2.75) is 17.9 Å². The van der Waals surface area contributed by atoms with Crippen LogP contribution in [0.5, 0.6) is 5.75 Å². The molecule has 0 spiro atoms. The fourth-order valence-electron chi connectivity index (χ4n) is 2.73. The minimum atomic E-state index is -3.16. The standard InChI is InChI=1S/C22H32N4O3S/c1-23-22(24-13-12-18-8-10-21(11-9-18)30(4,27)28)25-17-19-6-5-7-20(16-19)29-15-14-26(2)3/h5-11,16H,12-15,17H2,1-4H3,(H2,23,24,25). The third-order valence-corrected chi connectivity index (χ3v) is 5.58. The highest BCUT2D eigenvalue weighted by atomic mass is 32.2. The van der Waals surface area contributed by atoms with Crippen LogP contribution >= 0.6 is 0 Å². The predicted octanol–water partition coefficient (Wildman–Crippen LogP) is 1.94. The molecule has 0 aliphatic carbocycles. The van der Waals surface area contributed by atoms with Gasteiger partial charge in [0.25, 0.3) is 0 Å². The van der Waals surface area contributed by atoms with Gasteiger partial charge in [0.15, 0.2) is 15.8 Å². The van der Waals surface area contributed by atoms with Crippen molar-refractivity contribution in [3.8, 4) is 5.75 Å². The topological polar surface area (TPSA) is 83.0 Å². The molecule has 0 radical (unpaired) electrons. The van der Waals surface area contributed by atoms with Crippen molar-refractivity contribution in [2.24, 2.45) is 4.99 Å². The Bertz CT molecular complexity index is 926. The summed E-state index contributed by atoms with van der Waals surface area (Å²) >= 11 is 0. The maximum atomic E-state index is 11.5. The quantitative estimate of drug-likeness (QED) is 0.441. The molecule has 0 aliphatic heterocycles. The molecule has 2 rings (SSSR count). The number of nitrogens with one attached hydrogen (secondary N) is 2. The number of sulfone groups is 1. The first-order valence-electron chi connectivity index (χ1n) is 9.88. The fourth-order valence-corrected chi connectivity index (χ4v) is 3.36. The summed E-state index contributed by atoms with van der Waals surface area (Å²) in [5, 5.41) is 6.58. The highest BCUT2D eigenvalue weighted by molar-refractivity contribution is 7.90. The van der Waals surface area contributed by atoms with Crippen LogP contribution in [0.3, 0.4) is 0 Å². The number of benzene rings is 2. The minimum absolute atomic E-state index is 0.338. The van der Waals surface area contributed by atoms with Gasteiger partial charge in [-0.15, -0.1) is 0 Å². The molecule has 0 fully saturated rings. The van der Waals surface area contributed by atoms with Crippen LogP contribution in [0.1, 0.15) is 11.1 Å². The smallest absolute Gasteiger partial charge is 0.191 e. The molecule has 8 heteroatoms. The van der Waals surface area contributed by atoms with Gasteiger partial charge >= 0.3 is 0 Å². The second kappa shape index (κ2) is 11.6. The molecule has 2 aromatic rings. The Morgan fingerprint density at radius 1 is 1.07 bits per heavy atom. The van der Waals surface area contributed by atoms with Crippen LogP contribution in [0.4, 0.5) is 0 Å². The Labute approximate surface area is 180 Å². The third-order valence-electron chi connectivity index (χ3n) is 4.45. The minimum Gasteiger partial charge on any atom is -0.492 e. The zero-order valence-electron chi connectivity index (χ0n) is 18.2. The Morgan fingerprint density at radius 2 is 1.80 bits per heavy atom. The van der Waals surface area contributed by atoms with Gasteiger partial charge in [0.1, 0.15) is 12.4 Å². The molecule has 0 unspecified atom stereocenters. The zero-order valence-corrected chi connectivity index (χ0v) is 19.0. The van der Waals surface area contributed by atoms with Gasteiger partial charge in [0.2, 0.25) is 0 Å². The molecule has 0 aromatic heterocycles. The van der Waals surface area contributed by atoms with Crippen LogP contribution in [0.25, 0.3) is 0 Å². The second-order valence-electron chi connectivity index (χ2n) is 7.32. The monoisotopic (exact) mass is 432 g/mol. The summed E-state index contributed by atoms with van der Waals surface area (Å²) in [7, 11) is 2.62. The van der Waals surface area contributed by atoms with E-state index in [0.717, 1.165) is 29.8 Å². The highest BCUT2D eigenvalue weighted by Gasteiger charge is 2.06. The van der Waals surface area contributed by atoms with Crippen molar-refractivity contribution >= 4 is 15.8 Å². The summed E-state index contributed by atoms with van der Waals surface area (Å²) in [4.78, 5) is 6.67. The number of hydrogen-bond donors (Lipinski definition) is 2. The summed E-state index contributed by atoms with van der Waals surface area (Å²) in [5.41, 5.74) is 2.17. The largest absolute Gasteiger partial charge is 0.492 e. The highest BCUT2D eigenvalue weighted by Crippen LogP contribution is 2.13. The van der Waals surface area contributed by atoms with Crippen LogP contribution < -0.4 is 15.4 Å². The molecule has 0 amide bonds. The van der Waals surface area contributed by atoms with Crippen LogP contribution in [-0.2, 0) is 22.8 Å². The van der Waals surface area contributed by atoms with Crippen LogP contribution in [0.15, 0.2) is 58.4 Å². The Kier molecular flexibility index (Phi) is 9.14. The SMILES string of the molecule is CN=C(NCCc1ccc(S(C)(=O)=O)cc1)NCc1cccc(OCCN(C)C)c1. The summed E-state index contributed by atoms with van der Waals surface area (Å²) in [5.74, 6) is 1.57. The van der Waals surface area contributed by atoms with Crippen molar-refractivity contribution in [3.63, 3.8) is 0 Å². The normalized spacial score (nSPS) is 12.1. The Balaban J connectivity index is 1.78. The van der Waals surface area contributed by atoms with Crippen molar-refractivity contribution in [1.82, 2.24) is 15.5 Å². The first-order valence-corrected chi connectivity index (χ1v) is 11.8. The maximum Gasteiger partial charge on any atom is 0.191 e. The average Bonchev–Trinajstić information content (AvgIpc) is 2.70. The van der Waals surface area contributed by atoms with Crippen molar-refractivity contribution < 1.29 is 13.2 Å². The van der Waals surface area contributed by atoms with E-state index in [2.05, 4.69) is 20.5 Å². The van der Waals surface area contributed by atoms with Crippen LogP contribution in [-0.4, -0.2) is 66.4 Å². The molecule has 2 aromatic carbocycles. The van der Waals surface area contributed by atoms with E-state index in [0.29, 0.717) is 30.6 Å². The molecular formula is C22H32N4O3S. The van der Waals surface area contributed by atoms with Gasteiger partial charge in [-0.3, -0.25) is 4.99 Å². The lowest BCUT2D eigenvalue weighted by molar-refractivity contribution is 0.261. The lowest BCUT2D eigenvalue weighted by Gasteiger charge is -2.14. The summed E-state index contributed by atoms with van der Waals surface area (Å²) < 4.78 is 28.8. The van der Waals surface area contributed by atoms with E-state index in [1.54, 1.807) is 19.2 Å². The number of hydrogen-bond acceptors (Lipinski definition) is 5. The molecule has 0 bridgehead atoms. The third kappa shape index (κ3) is 8.42. The maximum absolute atomic E-state index is 11.5. The van der Waals surface area contributed by atoms with Crippen molar-refractivity contribution in [2.75, 3.05) is 47.1 Å². The molecule has 0 saturated carbocycles. The van der Waals surface area contributed by atoms with E-state index < -0.39 is 9.84 Å². The molecule has 0 saturated heterocycles. The van der Waals surface area contributed by atoms with E-state index in [-0.39, 0.29) is 0 Å². The number of rotatable bonds is 10. The van der Waals surface area contributed by atoms with Crippen LogP contribution in [0, 0.1) is 0 Å². The lowest BCUT2D eigenvalue weighted by atomic mass is 10.1. The molecule has 30 heavy (non-hydrogen) atoms. The zero-order chi connectivity index (χ0) is 22.0. The molecule has 2 N–H and O–H groups in total. The molecule has 0 heterocycles. The van der Waals surface area contributed by atoms with Gasteiger partial charge in [-0.05, 0) is 55.9 Å². The van der Waals surface area contributed by atoms with Gasteiger partial charge in [0, 0.05) is 32.9 Å². The molecule has 0 aliphatic rings. The van der Waals surface area contributed by atoms with E-state index in [1.165, 1.54) is 6.26 Å². The summed E-state index contributed by atoms with van der Waals surface area (Å²) in [6, 6.07) is 15.0. The van der Waals surface area contributed by atoms with Gasteiger partial charge < -0.3 is 20.3 Å². The molecule has 0 atom stereocenters. The molecule has 7 nitrogen and oxygen atoms in total. The summed E-state index contributed by atoms with van der Waals surface area (Å²) in [6.07, 6.45) is 1.98. The fraction of sp³-hybridized carbons (Fsp3) is 0.409. The van der Waals surface area contributed by atoms with E-state index in [4.69, 9.17) is 4.74 Å². The number of aliphatic imine (C=N–C) groups is 1. The predicted molar refractivity (Wildman–Crippen MR) is 122 cm³/mol. The Hall–Kier alpha value is -2.58.